The fourth-order valence-electron chi connectivity index (χ4n) is 1.99. The van der Waals surface area contributed by atoms with Gasteiger partial charge in [-0.3, -0.25) is 4.79 Å². The molecule has 6 heteroatoms. The van der Waals surface area contributed by atoms with Crippen molar-refractivity contribution in [3.05, 3.63) is 0 Å². The van der Waals surface area contributed by atoms with E-state index >= 15 is 0 Å². The van der Waals surface area contributed by atoms with Crippen molar-refractivity contribution < 1.29 is 19.8 Å². The van der Waals surface area contributed by atoms with Gasteiger partial charge in [-0.15, -0.1) is 11.8 Å². The van der Waals surface area contributed by atoms with Gasteiger partial charge in [0.15, 0.2) is 6.10 Å². The summed E-state index contributed by atoms with van der Waals surface area (Å²) in [6, 6.07) is -0.826. The summed E-state index contributed by atoms with van der Waals surface area (Å²) in [5.74, 6) is -1.48. The standard InChI is InChI=1S/C8H11NO4S/c1-8(2)4(7(12)13)9-5(11)3(10)6(9)14-8/h3-4,6,10H,1-2H3,(H,12,13)/t3?,4-,6?/m0/s1. The summed E-state index contributed by atoms with van der Waals surface area (Å²) in [6.45, 7) is 3.55. The Morgan fingerprint density at radius 1 is 1.57 bits per heavy atom. The molecule has 2 rings (SSSR count). The van der Waals surface area contributed by atoms with E-state index < -0.39 is 28.8 Å². The molecule has 0 aromatic rings. The number of carboxylic acids is 1. The number of aliphatic hydroxyl groups is 1. The van der Waals surface area contributed by atoms with Crippen molar-refractivity contribution >= 4 is 23.6 Å². The SMILES string of the molecule is CC1(C)SC2C(O)C(=O)N2[C@H]1C(=O)O. The number of amides is 1. The van der Waals surface area contributed by atoms with Crippen LogP contribution in [-0.4, -0.2) is 49.3 Å². The lowest BCUT2D eigenvalue weighted by molar-refractivity contribution is -0.169. The Morgan fingerprint density at radius 2 is 2.14 bits per heavy atom. The largest absolute Gasteiger partial charge is 0.480 e. The van der Waals surface area contributed by atoms with Gasteiger partial charge in [0.1, 0.15) is 11.4 Å². The van der Waals surface area contributed by atoms with Gasteiger partial charge in [-0.1, -0.05) is 0 Å². The maximum absolute atomic E-state index is 11.2. The van der Waals surface area contributed by atoms with Gasteiger partial charge >= 0.3 is 5.97 Å². The summed E-state index contributed by atoms with van der Waals surface area (Å²) < 4.78 is -0.538. The highest BCUT2D eigenvalue weighted by Gasteiger charge is 2.63. The van der Waals surface area contributed by atoms with E-state index in [0.717, 1.165) is 0 Å². The summed E-state index contributed by atoms with van der Waals surface area (Å²) in [4.78, 5) is 23.5. The van der Waals surface area contributed by atoms with Crippen LogP contribution in [0.5, 0.6) is 0 Å². The minimum atomic E-state index is -1.02. The van der Waals surface area contributed by atoms with Crippen LogP contribution in [0.15, 0.2) is 0 Å². The molecule has 0 aliphatic carbocycles. The first kappa shape index (κ1) is 9.79. The van der Waals surface area contributed by atoms with Gasteiger partial charge in [-0.2, -0.15) is 0 Å². The van der Waals surface area contributed by atoms with E-state index in [4.69, 9.17) is 5.11 Å². The highest BCUT2D eigenvalue weighted by Crippen LogP contribution is 2.50. The number of nitrogens with zero attached hydrogens (tertiary/aromatic N) is 1. The smallest absolute Gasteiger partial charge is 0.327 e. The van der Waals surface area contributed by atoms with Gasteiger partial charge in [-0.25, -0.2) is 4.79 Å². The van der Waals surface area contributed by atoms with Crippen LogP contribution in [0.25, 0.3) is 0 Å². The number of aliphatic carboxylic acids is 1. The first-order chi connectivity index (χ1) is 6.36. The Morgan fingerprint density at radius 3 is 2.64 bits per heavy atom. The second-order valence-electron chi connectivity index (χ2n) is 4.04. The molecule has 0 aromatic carbocycles. The summed E-state index contributed by atoms with van der Waals surface area (Å²) in [6.07, 6.45) is -1.02. The molecule has 2 unspecified atom stereocenters. The number of hydrogen-bond donors (Lipinski definition) is 2. The monoisotopic (exact) mass is 217 g/mol. The van der Waals surface area contributed by atoms with E-state index in [1.807, 2.05) is 0 Å². The van der Waals surface area contributed by atoms with Crippen LogP contribution in [0, 0.1) is 0 Å². The topological polar surface area (TPSA) is 77.8 Å². The number of thioether (sulfide) groups is 1. The molecule has 2 aliphatic heterocycles. The second-order valence-corrected chi connectivity index (χ2v) is 5.81. The molecule has 78 valence electrons. The van der Waals surface area contributed by atoms with Gasteiger partial charge in [0.25, 0.3) is 5.91 Å². The van der Waals surface area contributed by atoms with E-state index in [1.165, 1.54) is 16.7 Å². The van der Waals surface area contributed by atoms with Gasteiger partial charge < -0.3 is 15.1 Å². The lowest BCUT2D eigenvalue weighted by Gasteiger charge is -2.40. The second kappa shape index (κ2) is 2.64. The normalized spacial score (nSPS) is 39.2. The van der Waals surface area contributed by atoms with Gasteiger partial charge in [-0.05, 0) is 13.8 Å². The third kappa shape index (κ3) is 1.01. The van der Waals surface area contributed by atoms with Crippen molar-refractivity contribution in [2.45, 2.75) is 36.1 Å². The average Bonchev–Trinajstić information content (AvgIpc) is 2.34. The van der Waals surface area contributed by atoms with Crippen LogP contribution < -0.4 is 0 Å². The van der Waals surface area contributed by atoms with Crippen molar-refractivity contribution in [1.29, 1.82) is 0 Å². The summed E-state index contributed by atoms with van der Waals surface area (Å²) in [5.41, 5.74) is 0. The summed E-state index contributed by atoms with van der Waals surface area (Å²) >= 11 is 1.34. The first-order valence-corrected chi connectivity index (χ1v) is 5.15. The molecule has 0 bridgehead atoms. The predicted octanol–water partition coefficient (Wildman–Crippen LogP) is -0.506. The molecule has 2 heterocycles. The third-order valence-electron chi connectivity index (χ3n) is 2.65. The molecule has 5 nitrogen and oxygen atoms in total. The molecular weight excluding hydrogens is 206 g/mol. The number of aliphatic hydroxyl groups excluding tert-OH is 1. The van der Waals surface area contributed by atoms with Crippen molar-refractivity contribution in [3.8, 4) is 0 Å². The maximum atomic E-state index is 11.2. The van der Waals surface area contributed by atoms with E-state index in [1.54, 1.807) is 13.8 Å². The maximum Gasteiger partial charge on any atom is 0.327 e. The van der Waals surface area contributed by atoms with Crippen LogP contribution in [0.4, 0.5) is 0 Å². The molecule has 1 amide bonds. The molecular formula is C8H11NO4S. The van der Waals surface area contributed by atoms with Crippen molar-refractivity contribution in [2.75, 3.05) is 0 Å². The Labute approximate surface area is 85.1 Å². The number of carbonyl (C=O) groups is 2. The van der Waals surface area contributed by atoms with Crippen LogP contribution >= 0.6 is 11.8 Å². The molecule has 2 saturated heterocycles. The molecule has 0 saturated carbocycles. The first-order valence-electron chi connectivity index (χ1n) is 4.27. The third-order valence-corrected chi connectivity index (χ3v) is 4.20. The van der Waals surface area contributed by atoms with Crippen molar-refractivity contribution in [2.24, 2.45) is 0 Å². The molecule has 2 N–H and O–H groups in total. The number of β-lactam (4-membered cyclic amide) rings is 1. The zero-order valence-electron chi connectivity index (χ0n) is 7.80. The number of fused-ring (bicyclic) bond motifs is 1. The Bertz CT molecular complexity index is 316. The van der Waals surface area contributed by atoms with Crippen LogP contribution in [0.2, 0.25) is 0 Å². The quantitative estimate of drug-likeness (QED) is 0.579. The van der Waals surface area contributed by atoms with Crippen LogP contribution in [0.1, 0.15) is 13.8 Å². The molecule has 2 fully saturated rings. The zero-order chi connectivity index (χ0) is 10.7. The fourth-order valence-corrected chi connectivity index (χ4v) is 3.54. The van der Waals surface area contributed by atoms with Gasteiger partial charge in [0.2, 0.25) is 0 Å². The van der Waals surface area contributed by atoms with E-state index in [-0.39, 0.29) is 5.37 Å². The van der Waals surface area contributed by atoms with Crippen molar-refractivity contribution in [1.82, 2.24) is 4.90 Å². The molecule has 0 aromatic heterocycles. The molecule has 0 spiro atoms. The van der Waals surface area contributed by atoms with Crippen LogP contribution in [-0.2, 0) is 9.59 Å². The number of carboxylic acid groups (broad SMARTS) is 1. The van der Waals surface area contributed by atoms with Crippen LogP contribution in [0.3, 0.4) is 0 Å². The van der Waals surface area contributed by atoms with Gasteiger partial charge in [0, 0.05) is 4.75 Å². The summed E-state index contributed by atoms with van der Waals surface area (Å²) in [7, 11) is 0. The van der Waals surface area contributed by atoms with E-state index in [2.05, 4.69) is 0 Å². The van der Waals surface area contributed by atoms with Gasteiger partial charge in [0.05, 0.1) is 0 Å². The van der Waals surface area contributed by atoms with E-state index in [9.17, 15) is 14.7 Å². The Balaban J connectivity index is 2.32. The number of rotatable bonds is 1. The van der Waals surface area contributed by atoms with E-state index in [0.29, 0.717) is 0 Å². The fraction of sp³-hybridized carbons (Fsp3) is 0.750. The number of hydrogen-bond acceptors (Lipinski definition) is 4. The average molecular weight is 217 g/mol. The number of carbonyl (C=O) groups excluding carboxylic acids is 1. The highest BCUT2D eigenvalue weighted by molar-refractivity contribution is 8.01. The predicted molar refractivity (Wildman–Crippen MR) is 49.7 cm³/mol. The summed E-state index contributed by atoms with van der Waals surface area (Å²) in [5, 5.41) is 17.9. The molecule has 0 radical (unpaired) electrons. The molecule has 3 atom stereocenters. The molecule has 14 heavy (non-hydrogen) atoms. The Kier molecular flexibility index (Phi) is 1.84. The Hall–Kier alpha value is -0.750. The lowest BCUT2D eigenvalue weighted by Crippen LogP contribution is -2.65. The van der Waals surface area contributed by atoms with Crippen molar-refractivity contribution in [3.63, 3.8) is 0 Å². The molecule has 2 aliphatic rings. The zero-order valence-corrected chi connectivity index (χ0v) is 8.61. The lowest BCUT2D eigenvalue weighted by atomic mass is 9.97. The highest BCUT2D eigenvalue weighted by atomic mass is 32.2. The minimum absolute atomic E-state index is 0.376. The minimum Gasteiger partial charge on any atom is -0.480 e.